The molecule has 1 amide bonds. The van der Waals surface area contributed by atoms with Gasteiger partial charge in [-0.1, -0.05) is 54.4 Å². The highest BCUT2D eigenvalue weighted by Crippen LogP contribution is 2.52. The summed E-state index contributed by atoms with van der Waals surface area (Å²) >= 11 is 18.5. The predicted molar refractivity (Wildman–Crippen MR) is 128 cm³/mol. The van der Waals surface area contributed by atoms with Crippen molar-refractivity contribution >= 4 is 52.5 Å². The molecule has 2 heterocycles. The van der Waals surface area contributed by atoms with Crippen molar-refractivity contribution in [3.05, 3.63) is 87.2 Å². The van der Waals surface area contributed by atoms with Crippen LogP contribution in [0.25, 0.3) is 0 Å². The Balaban J connectivity index is 1.96. The number of piperidine rings is 1. The molecule has 0 bridgehead atoms. The molecule has 0 spiro atoms. The zero-order valence-electron chi connectivity index (χ0n) is 17.6. The summed E-state index contributed by atoms with van der Waals surface area (Å²) in [5, 5.41) is 10.7. The summed E-state index contributed by atoms with van der Waals surface area (Å²) in [7, 11) is 0. The van der Waals surface area contributed by atoms with E-state index >= 15 is 0 Å². The normalized spacial score (nSPS) is 22.9. The fourth-order valence-corrected chi connectivity index (χ4v) is 5.02. The predicted octanol–water partition coefficient (Wildman–Crippen LogP) is 6.18. The molecular formula is C24H20Cl3N3O3. The van der Waals surface area contributed by atoms with E-state index < -0.39 is 17.4 Å². The number of carboxylic acid groups (broad SMARTS) is 1. The highest BCUT2D eigenvalue weighted by Gasteiger charge is 2.51. The Bertz CT molecular complexity index is 1200. The number of aromatic nitrogens is 2. The van der Waals surface area contributed by atoms with Gasteiger partial charge < -0.3 is 5.11 Å². The zero-order valence-corrected chi connectivity index (χ0v) is 19.8. The third kappa shape index (κ3) is 4.83. The largest absolute Gasteiger partial charge is 0.481 e. The summed E-state index contributed by atoms with van der Waals surface area (Å²) in [5.74, 6) is -1.39. The van der Waals surface area contributed by atoms with Gasteiger partial charge in [-0.15, -0.1) is 0 Å². The molecule has 3 aromatic rings. The highest BCUT2D eigenvalue weighted by molar-refractivity contribution is 6.31. The van der Waals surface area contributed by atoms with E-state index in [9.17, 15) is 14.7 Å². The third-order valence-corrected chi connectivity index (χ3v) is 6.62. The lowest BCUT2D eigenvalue weighted by Gasteiger charge is -2.48. The number of carboxylic acids is 1. The van der Waals surface area contributed by atoms with Crippen LogP contribution in [0.2, 0.25) is 15.3 Å². The maximum atomic E-state index is 13.9. The maximum Gasteiger partial charge on any atom is 0.304 e. The molecule has 3 atom stereocenters. The average Bonchev–Trinajstić information content (AvgIpc) is 2.75. The van der Waals surface area contributed by atoms with E-state index in [1.807, 2.05) is 30.3 Å². The Labute approximate surface area is 206 Å². The molecule has 0 aliphatic carbocycles. The van der Waals surface area contributed by atoms with Crippen LogP contribution in [-0.2, 0) is 9.59 Å². The van der Waals surface area contributed by atoms with E-state index in [0.29, 0.717) is 22.3 Å². The van der Waals surface area contributed by atoms with Crippen LogP contribution in [0.4, 0.5) is 5.82 Å². The molecule has 1 saturated heterocycles. The molecule has 0 radical (unpaired) electrons. The smallest absolute Gasteiger partial charge is 0.304 e. The summed E-state index contributed by atoms with van der Waals surface area (Å²) in [5.41, 5.74) is 0.528. The van der Waals surface area contributed by atoms with Gasteiger partial charge in [0.05, 0.1) is 17.9 Å². The van der Waals surface area contributed by atoms with Gasteiger partial charge in [-0.3, -0.25) is 14.5 Å². The molecule has 1 aliphatic rings. The minimum Gasteiger partial charge on any atom is -0.481 e. The number of anilines is 1. The number of aliphatic carboxylic acids is 1. The van der Waals surface area contributed by atoms with Gasteiger partial charge in [0.15, 0.2) is 0 Å². The average molecular weight is 505 g/mol. The Hall–Kier alpha value is -2.67. The summed E-state index contributed by atoms with van der Waals surface area (Å²) in [6.07, 6.45) is 1.45. The lowest BCUT2D eigenvalue weighted by molar-refractivity contribution is -0.145. The number of carbonyl (C=O) groups excluding carboxylic acids is 1. The van der Waals surface area contributed by atoms with E-state index in [2.05, 4.69) is 9.97 Å². The Morgan fingerprint density at radius 2 is 1.82 bits per heavy atom. The SMILES string of the molecule is C[C@]1(CC(=O)O)CC(c2cccc(Cl)c2)C(c2ccc(Cl)cc2)N(c2ccnc(Cl)n2)C1=O. The molecule has 1 aromatic heterocycles. The Kier molecular flexibility index (Phi) is 6.61. The van der Waals surface area contributed by atoms with Crippen LogP contribution in [0, 0.1) is 5.41 Å². The number of amides is 1. The number of nitrogens with zero attached hydrogens (tertiary/aromatic N) is 3. The first-order valence-corrected chi connectivity index (χ1v) is 11.4. The van der Waals surface area contributed by atoms with Crippen molar-refractivity contribution < 1.29 is 14.7 Å². The third-order valence-electron chi connectivity index (χ3n) is 5.95. The van der Waals surface area contributed by atoms with Crippen LogP contribution in [0.15, 0.2) is 60.8 Å². The summed E-state index contributed by atoms with van der Waals surface area (Å²) in [4.78, 5) is 35.4. The van der Waals surface area contributed by atoms with Crippen molar-refractivity contribution in [3.63, 3.8) is 0 Å². The van der Waals surface area contributed by atoms with E-state index in [1.165, 1.54) is 11.1 Å². The number of benzene rings is 2. The second kappa shape index (κ2) is 9.29. The molecule has 170 valence electrons. The molecule has 1 fully saturated rings. The first kappa shape index (κ1) is 23.5. The van der Waals surface area contributed by atoms with Gasteiger partial charge in [-0.25, -0.2) is 9.97 Å². The van der Waals surface area contributed by atoms with Gasteiger partial charge in [0.2, 0.25) is 11.2 Å². The summed E-state index contributed by atoms with van der Waals surface area (Å²) in [6, 6.07) is 15.7. The van der Waals surface area contributed by atoms with Crippen molar-refractivity contribution in [1.82, 2.24) is 9.97 Å². The fraction of sp³-hybridized carbons (Fsp3) is 0.250. The number of carbonyl (C=O) groups is 2. The quantitative estimate of drug-likeness (QED) is 0.420. The van der Waals surface area contributed by atoms with E-state index in [1.54, 1.807) is 31.2 Å². The zero-order chi connectivity index (χ0) is 23.8. The molecule has 6 nitrogen and oxygen atoms in total. The van der Waals surface area contributed by atoms with Crippen molar-refractivity contribution in [1.29, 1.82) is 0 Å². The van der Waals surface area contributed by atoms with Gasteiger partial charge >= 0.3 is 5.97 Å². The number of halogens is 3. The molecule has 0 saturated carbocycles. The molecule has 2 aromatic carbocycles. The van der Waals surface area contributed by atoms with Gasteiger partial charge in [0.25, 0.3) is 0 Å². The van der Waals surface area contributed by atoms with Gasteiger partial charge in [0.1, 0.15) is 5.82 Å². The lowest BCUT2D eigenvalue weighted by Crippen LogP contribution is -2.53. The molecule has 2 unspecified atom stereocenters. The van der Waals surface area contributed by atoms with Crippen LogP contribution >= 0.6 is 34.8 Å². The lowest BCUT2D eigenvalue weighted by atomic mass is 9.67. The highest BCUT2D eigenvalue weighted by atomic mass is 35.5. The molecule has 9 heteroatoms. The first-order valence-electron chi connectivity index (χ1n) is 10.2. The Morgan fingerprint density at radius 3 is 2.45 bits per heavy atom. The van der Waals surface area contributed by atoms with Crippen LogP contribution < -0.4 is 4.90 Å². The van der Waals surface area contributed by atoms with E-state index in [0.717, 1.165) is 11.1 Å². The second-order valence-electron chi connectivity index (χ2n) is 8.35. The van der Waals surface area contributed by atoms with Crippen LogP contribution in [-0.4, -0.2) is 27.0 Å². The topological polar surface area (TPSA) is 83.4 Å². The van der Waals surface area contributed by atoms with Crippen LogP contribution in [0.5, 0.6) is 0 Å². The molecule has 33 heavy (non-hydrogen) atoms. The van der Waals surface area contributed by atoms with E-state index in [4.69, 9.17) is 34.8 Å². The minimum atomic E-state index is -1.18. The monoisotopic (exact) mass is 503 g/mol. The van der Waals surface area contributed by atoms with Gasteiger partial charge in [0, 0.05) is 22.2 Å². The van der Waals surface area contributed by atoms with Crippen LogP contribution in [0.1, 0.15) is 42.9 Å². The number of hydrogen-bond acceptors (Lipinski definition) is 4. The van der Waals surface area contributed by atoms with Crippen molar-refractivity contribution in [2.75, 3.05) is 4.90 Å². The van der Waals surface area contributed by atoms with Gasteiger partial charge in [-0.2, -0.15) is 0 Å². The number of rotatable bonds is 5. The molecular weight excluding hydrogens is 485 g/mol. The Morgan fingerprint density at radius 1 is 1.09 bits per heavy atom. The van der Waals surface area contributed by atoms with Crippen molar-refractivity contribution in [2.45, 2.75) is 31.7 Å². The molecule has 4 rings (SSSR count). The molecule has 1 aliphatic heterocycles. The first-order chi connectivity index (χ1) is 15.7. The summed E-state index contributed by atoms with van der Waals surface area (Å²) in [6.45, 7) is 1.68. The number of hydrogen-bond donors (Lipinski definition) is 1. The fourth-order valence-electron chi connectivity index (χ4n) is 4.55. The second-order valence-corrected chi connectivity index (χ2v) is 9.56. The van der Waals surface area contributed by atoms with Crippen molar-refractivity contribution in [3.8, 4) is 0 Å². The minimum absolute atomic E-state index is 0.0139. The van der Waals surface area contributed by atoms with Gasteiger partial charge in [-0.05, 0) is 59.5 Å². The maximum absolute atomic E-state index is 13.9. The summed E-state index contributed by atoms with van der Waals surface area (Å²) < 4.78 is 0. The van der Waals surface area contributed by atoms with Crippen molar-refractivity contribution in [2.24, 2.45) is 5.41 Å². The standard InChI is InChI=1S/C24H20Cl3N3O3/c1-24(13-20(31)32)12-18(15-3-2-4-17(26)11-15)21(14-5-7-16(25)8-6-14)30(22(24)33)19-9-10-28-23(27)29-19/h2-11,18,21H,12-13H2,1H3,(H,31,32)/t18?,21?,24-/m1/s1. The molecule has 1 N–H and O–H groups in total. The van der Waals surface area contributed by atoms with Crippen LogP contribution in [0.3, 0.4) is 0 Å². The van der Waals surface area contributed by atoms with E-state index in [-0.39, 0.29) is 23.5 Å².